The van der Waals surface area contributed by atoms with Crippen LogP contribution < -0.4 is 10.5 Å². The number of ether oxygens (including phenoxy) is 1. The van der Waals surface area contributed by atoms with Gasteiger partial charge in [-0.1, -0.05) is 63.6 Å². The summed E-state index contributed by atoms with van der Waals surface area (Å²) in [6.07, 6.45) is 10.3. The molecule has 0 saturated heterocycles. The van der Waals surface area contributed by atoms with Gasteiger partial charge in [-0.3, -0.25) is 0 Å². The van der Waals surface area contributed by atoms with Gasteiger partial charge in [0.05, 0.1) is 6.61 Å². The lowest BCUT2D eigenvalue weighted by Gasteiger charge is -2.29. The lowest BCUT2D eigenvalue weighted by Crippen LogP contribution is -2.37. The normalized spacial score (nSPS) is 19.2. The zero-order valence-corrected chi connectivity index (χ0v) is 12.8. The molecule has 2 nitrogen and oxygen atoms in total. The van der Waals surface area contributed by atoms with Crippen molar-refractivity contribution >= 4 is 0 Å². The predicted octanol–water partition coefficient (Wildman–Crippen LogP) is 4.32. The van der Waals surface area contributed by atoms with Crippen LogP contribution in [-0.2, 0) is 6.42 Å². The summed E-state index contributed by atoms with van der Waals surface area (Å²) >= 11 is 0. The summed E-state index contributed by atoms with van der Waals surface area (Å²) in [7, 11) is 0. The van der Waals surface area contributed by atoms with E-state index in [1.165, 1.54) is 44.1 Å². The summed E-state index contributed by atoms with van der Waals surface area (Å²) in [6, 6.07) is 8.64. The van der Waals surface area contributed by atoms with Gasteiger partial charge in [0.1, 0.15) is 5.75 Å². The summed E-state index contributed by atoms with van der Waals surface area (Å²) in [6.45, 7) is 3.05. The number of unbranched alkanes of at least 4 members (excludes halogenated alkanes) is 5. The maximum atomic E-state index is 6.37. The molecule has 0 amide bonds. The van der Waals surface area contributed by atoms with Gasteiger partial charge in [-0.05, 0) is 24.5 Å². The number of rotatable bonds is 8. The number of para-hydroxylation sites is 1. The van der Waals surface area contributed by atoms with Crippen LogP contribution in [0.3, 0.4) is 0 Å². The van der Waals surface area contributed by atoms with Crippen molar-refractivity contribution in [3.05, 3.63) is 29.8 Å². The molecule has 2 atom stereocenters. The Hall–Kier alpha value is -1.02. The molecule has 1 aromatic carbocycles. The molecule has 1 aliphatic heterocycles. The highest BCUT2D eigenvalue weighted by Gasteiger charge is 2.24. The standard InChI is InChI=1S/C18H29NO/c1-2-3-4-5-6-7-11-17(19)16-13-15-10-8-9-12-18(15)20-14-16/h8-10,12,16-17H,2-7,11,13-14,19H2,1H3. The molecule has 2 unspecified atom stereocenters. The number of benzene rings is 1. The van der Waals surface area contributed by atoms with E-state index in [-0.39, 0.29) is 6.04 Å². The van der Waals surface area contributed by atoms with Crippen LogP contribution in [0.2, 0.25) is 0 Å². The van der Waals surface area contributed by atoms with Crippen LogP contribution in [0.15, 0.2) is 24.3 Å². The Morgan fingerprint density at radius 3 is 2.75 bits per heavy atom. The first-order valence-electron chi connectivity index (χ1n) is 8.27. The summed E-state index contributed by atoms with van der Waals surface area (Å²) in [5.74, 6) is 1.54. The summed E-state index contributed by atoms with van der Waals surface area (Å²) in [5.41, 5.74) is 7.69. The first-order valence-corrected chi connectivity index (χ1v) is 8.27. The van der Waals surface area contributed by atoms with E-state index in [0.717, 1.165) is 25.2 Å². The van der Waals surface area contributed by atoms with Crippen LogP contribution in [0.25, 0.3) is 0 Å². The van der Waals surface area contributed by atoms with Gasteiger partial charge in [0, 0.05) is 12.0 Å². The average molecular weight is 275 g/mol. The van der Waals surface area contributed by atoms with Gasteiger partial charge in [-0.25, -0.2) is 0 Å². The molecular formula is C18H29NO. The van der Waals surface area contributed by atoms with E-state index in [4.69, 9.17) is 10.5 Å². The lowest BCUT2D eigenvalue weighted by atomic mass is 9.88. The maximum absolute atomic E-state index is 6.37. The van der Waals surface area contributed by atoms with Gasteiger partial charge in [-0.2, -0.15) is 0 Å². The first kappa shape index (κ1) is 15.4. The topological polar surface area (TPSA) is 35.2 Å². The van der Waals surface area contributed by atoms with Crippen LogP contribution in [0, 0.1) is 5.92 Å². The minimum absolute atomic E-state index is 0.287. The molecule has 0 spiro atoms. The SMILES string of the molecule is CCCCCCCCC(N)C1COc2ccccc2C1. The number of hydrogen-bond acceptors (Lipinski definition) is 2. The van der Waals surface area contributed by atoms with E-state index >= 15 is 0 Å². The van der Waals surface area contributed by atoms with Crippen molar-refractivity contribution in [2.45, 2.75) is 64.3 Å². The number of fused-ring (bicyclic) bond motifs is 1. The molecule has 1 heterocycles. The monoisotopic (exact) mass is 275 g/mol. The molecule has 2 N–H and O–H groups in total. The van der Waals surface area contributed by atoms with E-state index < -0.39 is 0 Å². The molecule has 20 heavy (non-hydrogen) atoms. The van der Waals surface area contributed by atoms with Crippen molar-refractivity contribution in [2.75, 3.05) is 6.61 Å². The minimum atomic E-state index is 0.287. The summed E-state index contributed by atoms with van der Waals surface area (Å²) in [4.78, 5) is 0. The van der Waals surface area contributed by atoms with Crippen LogP contribution in [-0.4, -0.2) is 12.6 Å². The summed E-state index contributed by atoms with van der Waals surface area (Å²) < 4.78 is 5.84. The predicted molar refractivity (Wildman–Crippen MR) is 85.1 cm³/mol. The molecule has 0 aromatic heterocycles. The van der Waals surface area contributed by atoms with Crippen LogP contribution in [0.5, 0.6) is 5.75 Å². The van der Waals surface area contributed by atoms with Gasteiger partial charge >= 0.3 is 0 Å². The molecule has 1 aromatic rings. The fourth-order valence-corrected chi connectivity index (χ4v) is 3.02. The Bertz CT molecular complexity index is 391. The Kier molecular flexibility index (Phi) is 6.38. The zero-order valence-electron chi connectivity index (χ0n) is 12.8. The van der Waals surface area contributed by atoms with Crippen molar-refractivity contribution in [2.24, 2.45) is 11.7 Å². The van der Waals surface area contributed by atoms with Crippen molar-refractivity contribution in [3.8, 4) is 5.75 Å². The van der Waals surface area contributed by atoms with Crippen LogP contribution in [0.1, 0.15) is 57.4 Å². The summed E-state index contributed by atoms with van der Waals surface area (Å²) in [5, 5.41) is 0. The highest BCUT2D eigenvalue weighted by Crippen LogP contribution is 2.28. The number of nitrogens with two attached hydrogens (primary N) is 1. The van der Waals surface area contributed by atoms with E-state index in [9.17, 15) is 0 Å². The maximum Gasteiger partial charge on any atom is 0.122 e. The van der Waals surface area contributed by atoms with Crippen LogP contribution in [0.4, 0.5) is 0 Å². The highest BCUT2D eigenvalue weighted by atomic mass is 16.5. The lowest BCUT2D eigenvalue weighted by molar-refractivity contribution is 0.194. The van der Waals surface area contributed by atoms with Gasteiger partial charge in [-0.15, -0.1) is 0 Å². The second kappa shape index (κ2) is 8.31. The quantitative estimate of drug-likeness (QED) is 0.717. The van der Waals surface area contributed by atoms with Crippen molar-refractivity contribution in [1.29, 1.82) is 0 Å². The molecule has 112 valence electrons. The molecule has 0 radical (unpaired) electrons. The van der Waals surface area contributed by atoms with Gasteiger partial charge < -0.3 is 10.5 Å². The average Bonchev–Trinajstić information content (AvgIpc) is 2.50. The largest absolute Gasteiger partial charge is 0.493 e. The minimum Gasteiger partial charge on any atom is -0.493 e. The zero-order chi connectivity index (χ0) is 14.2. The smallest absolute Gasteiger partial charge is 0.122 e. The molecule has 1 aliphatic rings. The fraction of sp³-hybridized carbons (Fsp3) is 0.667. The number of hydrogen-bond donors (Lipinski definition) is 1. The third-order valence-electron chi connectivity index (χ3n) is 4.40. The molecule has 0 saturated carbocycles. The van der Waals surface area contributed by atoms with E-state index in [2.05, 4.69) is 25.1 Å². The van der Waals surface area contributed by atoms with Crippen molar-refractivity contribution in [1.82, 2.24) is 0 Å². The van der Waals surface area contributed by atoms with E-state index in [0.29, 0.717) is 5.92 Å². The second-order valence-corrected chi connectivity index (χ2v) is 6.10. The third-order valence-corrected chi connectivity index (χ3v) is 4.40. The molecule has 2 rings (SSSR count). The molecular weight excluding hydrogens is 246 g/mol. The first-order chi connectivity index (χ1) is 9.81. The Labute approximate surface area is 123 Å². The Morgan fingerprint density at radius 1 is 1.15 bits per heavy atom. The molecule has 0 aliphatic carbocycles. The fourth-order valence-electron chi connectivity index (χ4n) is 3.02. The Morgan fingerprint density at radius 2 is 1.90 bits per heavy atom. The highest BCUT2D eigenvalue weighted by molar-refractivity contribution is 5.35. The molecule has 2 heteroatoms. The van der Waals surface area contributed by atoms with Gasteiger partial charge in [0.25, 0.3) is 0 Å². The van der Waals surface area contributed by atoms with Crippen LogP contribution >= 0.6 is 0 Å². The molecule has 0 bridgehead atoms. The van der Waals surface area contributed by atoms with Gasteiger partial charge in [0.2, 0.25) is 0 Å². The van der Waals surface area contributed by atoms with Crippen molar-refractivity contribution < 1.29 is 4.74 Å². The molecule has 0 fully saturated rings. The Balaban J connectivity index is 1.68. The van der Waals surface area contributed by atoms with Crippen molar-refractivity contribution in [3.63, 3.8) is 0 Å². The van der Waals surface area contributed by atoms with Gasteiger partial charge in [0.15, 0.2) is 0 Å². The van der Waals surface area contributed by atoms with E-state index in [1.54, 1.807) is 0 Å². The third kappa shape index (κ3) is 4.52. The van der Waals surface area contributed by atoms with E-state index in [1.807, 2.05) is 6.07 Å². The second-order valence-electron chi connectivity index (χ2n) is 6.10.